The lowest BCUT2D eigenvalue weighted by Gasteiger charge is -2.19. The molecular formula is C23H40O2. The van der Waals surface area contributed by atoms with Crippen molar-refractivity contribution in [2.75, 3.05) is 0 Å². The summed E-state index contributed by atoms with van der Waals surface area (Å²) in [7, 11) is 0. The number of benzene rings is 1. The molecule has 0 fully saturated rings. The average Bonchev–Trinajstić information content (AvgIpc) is 2.60. The molecule has 1 rings (SSSR count). The van der Waals surface area contributed by atoms with Crippen LogP contribution in [0.25, 0.3) is 0 Å². The van der Waals surface area contributed by atoms with E-state index in [2.05, 4.69) is 13.8 Å². The molecular weight excluding hydrogens is 308 g/mol. The SMILES string of the molecule is CCCCCCCCCCCCC(CCCC)c1c(O)cccc1O. The van der Waals surface area contributed by atoms with Crippen LogP contribution in [-0.4, -0.2) is 10.2 Å². The Morgan fingerprint density at radius 3 is 1.60 bits per heavy atom. The number of aromatic hydroxyl groups is 2. The second kappa shape index (κ2) is 14.0. The van der Waals surface area contributed by atoms with Crippen LogP contribution in [0.2, 0.25) is 0 Å². The predicted molar refractivity (Wildman–Crippen MR) is 108 cm³/mol. The molecule has 25 heavy (non-hydrogen) atoms. The van der Waals surface area contributed by atoms with E-state index in [-0.39, 0.29) is 17.4 Å². The summed E-state index contributed by atoms with van der Waals surface area (Å²) in [6.07, 6.45) is 17.9. The van der Waals surface area contributed by atoms with E-state index in [1.54, 1.807) is 18.2 Å². The smallest absolute Gasteiger partial charge is 0.122 e. The van der Waals surface area contributed by atoms with Gasteiger partial charge in [0, 0.05) is 5.56 Å². The van der Waals surface area contributed by atoms with Crippen LogP contribution in [0.4, 0.5) is 0 Å². The highest BCUT2D eigenvalue weighted by Gasteiger charge is 2.18. The minimum Gasteiger partial charge on any atom is -0.508 e. The van der Waals surface area contributed by atoms with Crippen molar-refractivity contribution in [1.29, 1.82) is 0 Å². The first-order valence-electron chi connectivity index (χ1n) is 10.7. The van der Waals surface area contributed by atoms with Crippen molar-refractivity contribution in [3.8, 4) is 11.5 Å². The molecule has 0 radical (unpaired) electrons. The number of hydrogen-bond donors (Lipinski definition) is 2. The van der Waals surface area contributed by atoms with E-state index in [0.29, 0.717) is 0 Å². The lowest BCUT2D eigenvalue weighted by molar-refractivity contribution is 0.410. The maximum atomic E-state index is 10.2. The van der Waals surface area contributed by atoms with E-state index in [1.807, 2.05) is 0 Å². The Hall–Kier alpha value is -1.18. The molecule has 2 nitrogen and oxygen atoms in total. The van der Waals surface area contributed by atoms with E-state index in [1.165, 1.54) is 64.2 Å². The van der Waals surface area contributed by atoms with E-state index in [0.717, 1.165) is 31.2 Å². The quantitative estimate of drug-likeness (QED) is 0.319. The highest BCUT2D eigenvalue weighted by Crippen LogP contribution is 2.39. The van der Waals surface area contributed by atoms with E-state index >= 15 is 0 Å². The molecule has 1 unspecified atom stereocenters. The number of phenols is 2. The molecule has 0 aliphatic heterocycles. The molecule has 144 valence electrons. The van der Waals surface area contributed by atoms with Gasteiger partial charge >= 0.3 is 0 Å². The van der Waals surface area contributed by atoms with E-state index in [4.69, 9.17) is 0 Å². The summed E-state index contributed by atoms with van der Waals surface area (Å²) in [6, 6.07) is 5.12. The summed E-state index contributed by atoms with van der Waals surface area (Å²) < 4.78 is 0. The molecule has 1 aromatic rings. The Morgan fingerprint density at radius 2 is 1.08 bits per heavy atom. The van der Waals surface area contributed by atoms with Gasteiger partial charge in [-0.25, -0.2) is 0 Å². The van der Waals surface area contributed by atoms with Crippen LogP contribution < -0.4 is 0 Å². The van der Waals surface area contributed by atoms with Gasteiger partial charge in [0.15, 0.2) is 0 Å². The van der Waals surface area contributed by atoms with Gasteiger partial charge in [0.1, 0.15) is 11.5 Å². The molecule has 0 saturated heterocycles. The second-order valence-corrected chi connectivity index (χ2v) is 7.52. The van der Waals surface area contributed by atoms with Gasteiger partial charge in [-0.3, -0.25) is 0 Å². The number of hydrogen-bond acceptors (Lipinski definition) is 2. The maximum Gasteiger partial charge on any atom is 0.122 e. The zero-order chi connectivity index (χ0) is 18.3. The number of phenolic OH excluding ortho intramolecular Hbond substituents is 2. The van der Waals surface area contributed by atoms with Gasteiger partial charge in [0.2, 0.25) is 0 Å². The molecule has 0 aromatic heterocycles. The second-order valence-electron chi connectivity index (χ2n) is 7.52. The zero-order valence-corrected chi connectivity index (χ0v) is 16.6. The Labute approximate surface area is 155 Å². The topological polar surface area (TPSA) is 40.5 Å². The van der Waals surface area contributed by atoms with Gasteiger partial charge in [-0.2, -0.15) is 0 Å². The minimum atomic E-state index is 0.258. The molecule has 0 saturated carbocycles. The van der Waals surface area contributed by atoms with E-state index in [9.17, 15) is 10.2 Å². The fourth-order valence-electron chi connectivity index (χ4n) is 3.72. The lowest BCUT2D eigenvalue weighted by Crippen LogP contribution is -2.01. The fraction of sp³-hybridized carbons (Fsp3) is 0.739. The van der Waals surface area contributed by atoms with Crippen LogP contribution in [-0.2, 0) is 0 Å². The van der Waals surface area contributed by atoms with Crippen molar-refractivity contribution < 1.29 is 10.2 Å². The molecule has 0 aliphatic rings. The highest BCUT2D eigenvalue weighted by atomic mass is 16.3. The van der Waals surface area contributed by atoms with Crippen molar-refractivity contribution in [2.45, 2.75) is 110 Å². The molecule has 0 bridgehead atoms. The monoisotopic (exact) mass is 348 g/mol. The van der Waals surface area contributed by atoms with Crippen molar-refractivity contribution in [3.05, 3.63) is 23.8 Å². The third-order valence-electron chi connectivity index (χ3n) is 5.28. The van der Waals surface area contributed by atoms with Crippen molar-refractivity contribution in [2.24, 2.45) is 0 Å². The molecule has 0 heterocycles. The van der Waals surface area contributed by atoms with Gasteiger partial charge in [-0.1, -0.05) is 97.0 Å². The molecule has 2 heteroatoms. The van der Waals surface area contributed by atoms with Gasteiger partial charge in [0.05, 0.1) is 0 Å². The summed E-state index contributed by atoms with van der Waals surface area (Å²) in [5.74, 6) is 0.802. The van der Waals surface area contributed by atoms with Crippen molar-refractivity contribution >= 4 is 0 Å². The number of unbranched alkanes of at least 4 members (excludes halogenated alkanes) is 10. The van der Waals surface area contributed by atoms with Crippen LogP contribution in [0.3, 0.4) is 0 Å². The minimum absolute atomic E-state index is 0.258. The molecule has 0 spiro atoms. The molecule has 1 atom stereocenters. The first-order valence-corrected chi connectivity index (χ1v) is 10.7. The fourth-order valence-corrected chi connectivity index (χ4v) is 3.72. The Morgan fingerprint density at radius 1 is 0.640 bits per heavy atom. The Balaban J connectivity index is 2.28. The largest absolute Gasteiger partial charge is 0.508 e. The van der Waals surface area contributed by atoms with Crippen LogP contribution in [0.5, 0.6) is 11.5 Å². The molecule has 2 N–H and O–H groups in total. The first-order chi connectivity index (χ1) is 12.2. The van der Waals surface area contributed by atoms with Gasteiger partial charge in [0.25, 0.3) is 0 Å². The summed E-state index contributed by atoms with van der Waals surface area (Å²) in [4.78, 5) is 0. The highest BCUT2D eigenvalue weighted by molar-refractivity contribution is 5.45. The molecule has 0 aliphatic carbocycles. The maximum absolute atomic E-state index is 10.2. The van der Waals surface area contributed by atoms with E-state index < -0.39 is 0 Å². The average molecular weight is 349 g/mol. The van der Waals surface area contributed by atoms with Gasteiger partial charge < -0.3 is 10.2 Å². The standard InChI is InChI=1S/C23H40O2/c1-3-5-7-8-9-10-11-12-13-14-17-20(16-6-4-2)23-21(24)18-15-19-22(23)25/h15,18-20,24-25H,3-14,16-17H2,1-2H3. The van der Waals surface area contributed by atoms with Crippen molar-refractivity contribution in [1.82, 2.24) is 0 Å². The van der Waals surface area contributed by atoms with Gasteiger partial charge in [-0.05, 0) is 30.9 Å². The summed E-state index contributed by atoms with van der Waals surface area (Å²) in [5, 5.41) is 20.3. The summed E-state index contributed by atoms with van der Waals surface area (Å²) >= 11 is 0. The van der Waals surface area contributed by atoms with Gasteiger partial charge in [-0.15, -0.1) is 0 Å². The molecule has 1 aromatic carbocycles. The van der Waals surface area contributed by atoms with Crippen molar-refractivity contribution in [3.63, 3.8) is 0 Å². The summed E-state index contributed by atoms with van der Waals surface area (Å²) in [5.41, 5.74) is 0.770. The Bertz CT molecular complexity index is 421. The lowest BCUT2D eigenvalue weighted by atomic mass is 9.87. The summed E-state index contributed by atoms with van der Waals surface area (Å²) in [6.45, 7) is 4.46. The Kier molecular flexibility index (Phi) is 12.3. The van der Waals surface area contributed by atoms with Crippen LogP contribution in [0, 0.1) is 0 Å². The zero-order valence-electron chi connectivity index (χ0n) is 16.6. The molecule has 0 amide bonds. The third kappa shape index (κ3) is 9.18. The third-order valence-corrected chi connectivity index (χ3v) is 5.28. The van der Waals surface area contributed by atoms with Crippen LogP contribution in [0.15, 0.2) is 18.2 Å². The normalized spacial score (nSPS) is 12.4. The predicted octanol–water partition coefficient (Wildman–Crippen LogP) is 7.68. The van der Waals surface area contributed by atoms with Crippen LogP contribution in [0.1, 0.15) is 115 Å². The van der Waals surface area contributed by atoms with Crippen LogP contribution >= 0.6 is 0 Å². The number of rotatable bonds is 15. The first kappa shape index (κ1) is 21.9.